The van der Waals surface area contributed by atoms with Gasteiger partial charge in [-0.15, -0.1) is 0 Å². The molecule has 1 rings (SSSR count). The van der Waals surface area contributed by atoms with Crippen LogP contribution in [0.25, 0.3) is 0 Å². The lowest BCUT2D eigenvalue weighted by molar-refractivity contribution is 0.276. The number of nitrogens with two attached hydrogens (primary N) is 1. The first kappa shape index (κ1) is 11.0. The smallest absolute Gasteiger partial charge is 0.122 e. The summed E-state index contributed by atoms with van der Waals surface area (Å²) in [7, 11) is 1.64. The fourth-order valence-electron chi connectivity index (χ4n) is 1.55. The van der Waals surface area contributed by atoms with Gasteiger partial charge in [-0.1, -0.05) is 12.1 Å². The monoisotopic (exact) mass is 195 g/mol. The van der Waals surface area contributed by atoms with Crippen LogP contribution in [0.1, 0.15) is 23.6 Å². The van der Waals surface area contributed by atoms with Crippen molar-refractivity contribution >= 4 is 0 Å². The first-order valence-corrected chi connectivity index (χ1v) is 4.70. The number of aliphatic hydroxyl groups is 1. The van der Waals surface area contributed by atoms with Crippen LogP contribution in [-0.4, -0.2) is 18.8 Å². The molecule has 3 nitrogen and oxygen atoms in total. The number of aliphatic hydroxyl groups excluding tert-OH is 1. The van der Waals surface area contributed by atoms with Crippen LogP contribution in [0.4, 0.5) is 0 Å². The zero-order valence-corrected chi connectivity index (χ0v) is 8.66. The number of rotatable bonds is 4. The Labute approximate surface area is 84.5 Å². The molecule has 0 spiro atoms. The number of methoxy groups -OCH3 is 1. The molecule has 3 N–H and O–H groups in total. The van der Waals surface area contributed by atoms with Crippen LogP contribution in [0.15, 0.2) is 18.2 Å². The molecule has 0 fully saturated rings. The van der Waals surface area contributed by atoms with Crippen LogP contribution >= 0.6 is 0 Å². The molecule has 0 heterocycles. The van der Waals surface area contributed by atoms with Gasteiger partial charge in [0.15, 0.2) is 0 Å². The number of ether oxygens (including phenoxy) is 1. The molecule has 0 saturated heterocycles. The van der Waals surface area contributed by atoms with Gasteiger partial charge in [-0.05, 0) is 30.5 Å². The molecule has 0 aliphatic heterocycles. The van der Waals surface area contributed by atoms with E-state index in [0.717, 1.165) is 16.9 Å². The lowest BCUT2D eigenvalue weighted by Gasteiger charge is -2.15. The van der Waals surface area contributed by atoms with Gasteiger partial charge in [-0.2, -0.15) is 0 Å². The predicted molar refractivity (Wildman–Crippen MR) is 56.4 cm³/mol. The van der Waals surface area contributed by atoms with Crippen LogP contribution in [0.2, 0.25) is 0 Å². The largest absolute Gasteiger partial charge is 0.496 e. The third-order valence-electron chi connectivity index (χ3n) is 2.39. The number of hydrogen-bond acceptors (Lipinski definition) is 3. The van der Waals surface area contributed by atoms with Crippen LogP contribution in [0, 0.1) is 6.92 Å². The summed E-state index contributed by atoms with van der Waals surface area (Å²) in [5, 5.41) is 8.80. The Morgan fingerprint density at radius 1 is 1.50 bits per heavy atom. The molecule has 0 radical (unpaired) electrons. The Morgan fingerprint density at radius 3 is 2.79 bits per heavy atom. The SMILES string of the molecule is COc1cccc(C(N)CCO)c1C. The Kier molecular flexibility index (Phi) is 3.92. The van der Waals surface area contributed by atoms with Gasteiger partial charge in [0.1, 0.15) is 5.75 Å². The van der Waals surface area contributed by atoms with E-state index in [1.807, 2.05) is 25.1 Å². The Balaban J connectivity index is 2.96. The average molecular weight is 195 g/mol. The highest BCUT2D eigenvalue weighted by Crippen LogP contribution is 2.25. The molecule has 0 aliphatic rings. The van der Waals surface area contributed by atoms with Gasteiger partial charge < -0.3 is 15.6 Å². The number of benzene rings is 1. The van der Waals surface area contributed by atoms with E-state index in [1.54, 1.807) is 7.11 Å². The van der Waals surface area contributed by atoms with Gasteiger partial charge in [-0.3, -0.25) is 0 Å². The third-order valence-corrected chi connectivity index (χ3v) is 2.39. The van der Waals surface area contributed by atoms with Gasteiger partial charge in [0.2, 0.25) is 0 Å². The van der Waals surface area contributed by atoms with Gasteiger partial charge in [0.05, 0.1) is 7.11 Å². The minimum absolute atomic E-state index is 0.109. The topological polar surface area (TPSA) is 55.5 Å². The Hall–Kier alpha value is -1.06. The molecule has 78 valence electrons. The third kappa shape index (κ3) is 2.25. The standard InChI is InChI=1S/C11H17NO2/c1-8-9(10(12)6-7-13)4-3-5-11(8)14-2/h3-5,10,13H,6-7,12H2,1-2H3. The van der Waals surface area contributed by atoms with E-state index in [2.05, 4.69) is 0 Å². The number of hydrogen-bond donors (Lipinski definition) is 2. The average Bonchev–Trinajstić information content (AvgIpc) is 2.18. The maximum atomic E-state index is 8.80. The first-order chi connectivity index (χ1) is 6.70. The van der Waals surface area contributed by atoms with Crippen LogP contribution in [0.5, 0.6) is 5.75 Å². The molecule has 1 aromatic rings. The van der Waals surface area contributed by atoms with Crippen molar-refractivity contribution in [2.75, 3.05) is 13.7 Å². The van der Waals surface area contributed by atoms with Crippen molar-refractivity contribution < 1.29 is 9.84 Å². The van der Waals surface area contributed by atoms with E-state index >= 15 is 0 Å². The Bertz CT molecular complexity index is 299. The predicted octanol–water partition coefficient (Wildman–Crippen LogP) is 1.39. The lowest BCUT2D eigenvalue weighted by atomic mass is 9.99. The summed E-state index contributed by atoms with van der Waals surface area (Å²) in [5.41, 5.74) is 8.01. The van der Waals surface area contributed by atoms with Gasteiger partial charge in [-0.25, -0.2) is 0 Å². The second-order valence-corrected chi connectivity index (χ2v) is 3.29. The molecule has 0 bridgehead atoms. The molecule has 1 unspecified atom stereocenters. The maximum absolute atomic E-state index is 8.80. The van der Waals surface area contributed by atoms with Crippen LogP contribution < -0.4 is 10.5 Å². The summed E-state index contributed by atoms with van der Waals surface area (Å²) in [5.74, 6) is 0.843. The van der Waals surface area contributed by atoms with Crippen molar-refractivity contribution in [1.29, 1.82) is 0 Å². The molecular weight excluding hydrogens is 178 g/mol. The summed E-state index contributed by atoms with van der Waals surface area (Å²) in [6.07, 6.45) is 0.577. The Morgan fingerprint density at radius 2 is 2.21 bits per heavy atom. The van der Waals surface area contributed by atoms with E-state index in [-0.39, 0.29) is 12.6 Å². The summed E-state index contributed by atoms with van der Waals surface area (Å²) < 4.78 is 5.20. The fraction of sp³-hybridized carbons (Fsp3) is 0.455. The maximum Gasteiger partial charge on any atom is 0.122 e. The highest BCUT2D eigenvalue weighted by atomic mass is 16.5. The molecule has 3 heteroatoms. The highest BCUT2D eigenvalue weighted by molar-refractivity contribution is 5.40. The molecule has 14 heavy (non-hydrogen) atoms. The molecule has 0 aromatic heterocycles. The van der Waals surface area contributed by atoms with Gasteiger partial charge in [0.25, 0.3) is 0 Å². The van der Waals surface area contributed by atoms with Crippen LogP contribution in [-0.2, 0) is 0 Å². The first-order valence-electron chi connectivity index (χ1n) is 4.70. The van der Waals surface area contributed by atoms with E-state index in [1.165, 1.54) is 0 Å². The van der Waals surface area contributed by atoms with E-state index in [0.29, 0.717) is 6.42 Å². The van der Waals surface area contributed by atoms with Crippen LogP contribution in [0.3, 0.4) is 0 Å². The van der Waals surface area contributed by atoms with Crippen molar-refractivity contribution in [3.63, 3.8) is 0 Å². The van der Waals surface area contributed by atoms with Gasteiger partial charge in [0, 0.05) is 12.6 Å². The summed E-state index contributed by atoms with van der Waals surface area (Å²) >= 11 is 0. The highest BCUT2D eigenvalue weighted by Gasteiger charge is 2.10. The minimum atomic E-state index is -0.116. The second-order valence-electron chi connectivity index (χ2n) is 3.29. The van der Waals surface area contributed by atoms with E-state index in [9.17, 15) is 0 Å². The van der Waals surface area contributed by atoms with Crippen molar-refractivity contribution in [2.45, 2.75) is 19.4 Å². The zero-order valence-electron chi connectivity index (χ0n) is 8.66. The molecule has 0 saturated carbocycles. The molecule has 1 aromatic carbocycles. The minimum Gasteiger partial charge on any atom is -0.496 e. The molecule has 0 aliphatic carbocycles. The van der Waals surface area contributed by atoms with Crippen molar-refractivity contribution in [2.24, 2.45) is 5.73 Å². The quantitative estimate of drug-likeness (QED) is 0.763. The summed E-state index contributed by atoms with van der Waals surface area (Å²) in [6, 6.07) is 5.68. The fourth-order valence-corrected chi connectivity index (χ4v) is 1.55. The molecule has 0 amide bonds. The normalized spacial score (nSPS) is 12.6. The van der Waals surface area contributed by atoms with Crippen molar-refractivity contribution in [1.82, 2.24) is 0 Å². The van der Waals surface area contributed by atoms with Gasteiger partial charge >= 0.3 is 0 Å². The van der Waals surface area contributed by atoms with E-state index < -0.39 is 0 Å². The molecule has 1 atom stereocenters. The lowest BCUT2D eigenvalue weighted by Crippen LogP contribution is -2.13. The van der Waals surface area contributed by atoms with E-state index in [4.69, 9.17) is 15.6 Å². The summed E-state index contributed by atoms with van der Waals surface area (Å²) in [6.45, 7) is 2.09. The second kappa shape index (κ2) is 4.98. The molecular formula is C11H17NO2. The van der Waals surface area contributed by atoms with Crippen molar-refractivity contribution in [3.05, 3.63) is 29.3 Å². The van der Waals surface area contributed by atoms with Crippen molar-refractivity contribution in [3.8, 4) is 5.75 Å². The zero-order chi connectivity index (χ0) is 10.6. The summed E-state index contributed by atoms with van der Waals surface area (Å²) in [4.78, 5) is 0.